The summed E-state index contributed by atoms with van der Waals surface area (Å²) in [5.41, 5.74) is 0. The minimum absolute atomic E-state index is 0.545. The number of aliphatic hydroxyl groups is 1. The molecule has 0 saturated carbocycles. The molecule has 0 aliphatic rings. The van der Waals surface area contributed by atoms with E-state index >= 15 is 0 Å². The van der Waals surface area contributed by atoms with Crippen LogP contribution in [0.3, 0.4) is 0 Å². The van der Waals surface area contributed by atoms with Crippen LogP contribution in [0.4, 0.5) is 0 Å². The highest BCUT2D eigenvalue weighted by Gasteiger charge is 1.93. The lowest BCUT2D eigenvalue weighted by Gasteiger charge is -1.99. The van der Waals surface area contributed by atoms with Gasteiger partial charge in [0.15, 0.2) is 0 Å². The molecule has 96 valence electrons. The smallest absolute Gasteiger partial charge is 0.328 e. The van der Waals surface area contributed by atoms with Crippen LogP contribution in [0.1, 0.15) is 39.0 Å². The number of rotatable bonds is 9. The number of carboxylic acid groups (broad SMARTS) is 1. The van der Waals surface area contributed by atoms with Crippen molar-refractivity contribution in [2.24, 2.45) is 0 Å². The Bertz CT molecular complexity index is 277. The summed E-state index contributed by atoms with van der Waals surface area (Å²) < 4.78 is 0. The maximum Gasteiger partial charge on any atom is 0.328 e. The number of unbranched alkanes of at least 4 members (excludes halogenated alkanes) is 3. The van der Waals surface area contributed by atoms with E-state index in [1.54, 1.807) is 12.2 Å². The van der Waals surface area contributed by atoms with Gasteiger partial charge in [-0.2, -0.15) is 0 Å². The van der Waals surface area contributed by atoms with Crippen molar-refractivity contribution in [1.82, 2.24) is 0 Å². The summed E-state index contributed by atoms with van der Waals surface area (Å²) in [6.07, 6.45) is 14.3. The SMILES string of the molecule is CCCCC/C=C\C[C@@H](O)/C=C/C=C/C(=O)O. The second kappa shape index (κ2) is 11.1. The second-order valence-corrected chi connectivity index (χ2v) is 3.85. The third kappa shape index (κ3) is 12.6. The molecule has 3 heteroatoms. The summed E-state index contributed by atoms with van der Waals surface area (Å²) in [5.74, 6) is -0.986. The predicted octanol–water partition coefficient (Wildman–Crippen LogP) is 3.07. The van der Waals surface area contributed by atoms with Crippen molar-refractivity contribution in [1.29, 1.82) is 0 Å². The van der Waals surface area contributed by atoms with Gasteiger partial charge in [-0.05, 0) is 19.3 Å². The molecule has 0 heterocycles. The van der Waals surface area contributed by atoms with Gasteiger partial charge in [0.2, 0.25) is 0 Å². The fraction of sp³-hybridized carbons (Fsp3) is 0.500. The molecule has 0 aromatic carbocycles. The standard InChI is InChI=1S/C14H22O3/c1-2-3-4-5-6-7-10-13(15)11-8-9-12-14(16)17/h6-9,11-13,15H,2-5,10H2,1H3,(H,16,17)/b7-6-,11-8+,12-9+/t13-/m1/s1. The molecular weight excluding hydrogens is 216 g/mol. The average molecular weight is 238 g/mol. The van der Waals surface area contributed by atoms with Crippen molar-refractivity contribution < 1.29 is 15.0 Å². The van der Waals surface area contributed by atoms with E-state index in [2.05, 4.69) is 13.0 Å². The third-order valence-electron chi connectivity index (χ3n) is 2.20. The Balaban J connectivity index is 3.64. The number of hydrogen-bond acceptors (Lipinski definition) is 2. The zero-order chi connectivity index (χ0) is 12.9. The number of aliphatic hydroxyl groups excluding tert-OH is 1. The van der Waals surface area contributed by atoms with Gasteiger partial charge in [-0.3, -0.25) is 0 Å². The van der Waals surface area contributed by atoms with E-state index in [0.29, 0.717) is 6.42 Å². The first kappa shape index (κ1) is 15.7. The summed E-state index contributed by atoms with van der Waals surface area (Å²) >= 11 is 0. The van der Waals surface area contributed by atoms with Crippen molar-refractivity contribution in [2.45, 2.75) is 45.1 Å². The number of hydrogen-bond donors (Lipinski definition) is 2. The fourth-order valence-corrected chi connectivity index (χ4v) is 1.27. The Morgan fingerprint density at radius 2 is 2.00 bits per heavy atom. The van der Waals surface area contributed by atoms with Crippen molar-refractivity contribution >= 4 is 5.97 Å². The van der Waals surface area contributed by atoms with Gasteiger partial charge in [-0.1, -0.05) is 50.1 Å². The summed E-state index contributed by atoms with van der Waals surface area (Å²) in [7, 11) is 0. The largest absolute Gasteiger partial charge is 0.478 e. The average Bonchev–Trinajstić information content (AvgIpc) is 2.29. The summed E-state index contributed by atoms with van der Waals surface area (Å²) in [6, 6.07) is 0. The molecule has 0 spiro atoms. The Morgan fingerprint density at radius 1 is 1.24 bits per heavy atom. The highest BCUT2D eigenvalue weighted by Crippen LogP contribution is 2.02. The van der Waals surface area contributed by atoms with Crippen LogP contribution < -0.4 is 0 Å². The second-order valence-electron chi connectivity index (χ2n) is 3.85. The minimum Gasteiger partial charge on any atom is -0.478 e. The predicted molar refractivity (Wildman–Crippen MR) is 69.8 cm³/mol. The van der Waals surface area contributed by atoms with E-state index in [9.17, 15) is 9.90 Å². The van der Waals surface area contributed by atoms with E-state index in [-0.39, 0.29) is 0 Å². The van der Waals surface area contributed by atoms with Gasteiger partial charge < -0.3 is 10.2 Å². The molecule has 0 saturated heterocycles. The molecular formula is C14H22O3. The van der Waals surface area contributed by atoms with E-state index in [0.717, 1.165) is 12.5 Å². The maximum atomic E-state index is 10.1. The van der Waals surface area contributed by atoms with Gasteiger partial charge in [0.05, 0.1) is 6.10 Å². The van der Waals surface area contributed by atoms with Crippen molar-refractivity contribution in [2.75, 3.05) is 0 Å². The third-order valence-corrected chi connectivity index (χ3v) is 2.20. The Kier molecular flexibility index (Phi) is 10.3. The van der Waals surface area contributed by atoms with Gasteiger partial charge in [0.1, 0.15) is 0 Å². The van der Waals surface area contributed by atoms with Crippen LogP contribution in [0.5, 0.6) is 0 Å². The molecule has 2 N–H and O–H groups in total. The van der Waals surface area contributed by atoms with Gasteiger partial charge in [0.25, 0.3) is 0 Å². The molecule has 0 rings (SSSR count). The number of allylic oxidation sites excluding steroid dienone is 3. The summed E-state index contributed by atoms with van der Waals surface area (Å²) in [5, 5.41) is 17.8. The van der Waals surface area contributed by atoms with Gasteiger partial charge in [0, 0.05) is 6.08 Å². The fourth-order valence-electron chi connectivity index (χ4n) is 1.27. The molecule has 0 aromatic heterocycles. The van der Waals surface area contributed by atoms with Crippen LogP contribution >= 0.6 is 0 Å². The molecule has 17 heavy (non-hydrogen) atoms. The number of aliphatic carboxylic acids is 1. The van der Waals surface area contributed by atoms with Crippen LogP contribution in [0.15, 0.2) is 36.5 Å². The lowest BCUT2D eigenvalue weighted by Crippen LogP contribution is -1.98. The number of carboxylic acids is 1. The van der Waals surface area contributed by atoms with E-state index in [1.165, 1.54) is 25.3 Å². The highest BCUT2D eigenvalue weighted by atomic mass is 16.4. The molecule has 0 aliphatic carbocycles. The highest BCUT2D eigenvalue weighted by molar-refractivity contribution is 5.80. The normalized spacial score (nSPS) is 14.0. The molecule has 0 fully saturated rings. The van der Waals surface area contributed by atoms with Crippen molar-refractivity contribution in [3.05, 3.63) is 36.5 Å². The van der Waals surface area contributed by atoms with Crippen molar-refractivity contribution in [3.8, 4) is 0 Å². The van der Waals surface area contributed by atoms with Gasteiger partial charge in [-0.15, -0.1) is 0 Å². The Labute approximate surface area is 103 Å². The molecule has 1 atom stereocenters. The van der Waals surface area contributed by atoms with Crippen LogP contribution in [-0.4, -0.2) is 22.3 Å². The molecule has 0 radical (unpaired) electrons. The molecule has 0 amide bonds. The van der Waals surface area contributed by atoms with Gasteiger partial charge in [-0.25, -0.2) is 4.79 Å². The van der Waals surface area contributed by atoms with Crippen LogP contribution in [0, 0.1) is 0 Å². The quantitative estimate of drug-likeness (QED) is 0.281. The van der Waals surface area contributed by atoms with Crippen molar-refractivity contribution in [3.63, 3.8) is 0 Å². The number of carbonyl (C=O) groups is 1. The van der Waals surface area contributed by atoms with Crippen LogP contribution in [0.25, 0.3) is 0 Å². The first-order valence-electron chi connectivity index (χ1n) is 6.07. The van der Waals surface area contributed by atoms with Crippen LogP contribution in [0.2, 0.25) is 0 Å². The van der Waals surface area contributed by atoms with E-state index in [4.69, 9.17) is 5.11 Å². The Hall–Kier alpha value is -1.35. The zero-order valence-corrected chi connectivity index (χ0v) is 10.4. The molecule has 0 aliphatic heterocycles. The maximum absolute atomic E-state index is 10.1. The molecule has 0 unspecified atom stereocenters. The summed E-state index contributed by atoms with van der Waals surface area (Å²) in [4.78, 5) is 10.1. The van der Waals surface area contributed by atoms with Crippen LogP contribution in [-0.2, 0) is 4.79 Å². The van der Waals surface area contributed by atoms with Gasteiger partial charge >= 0.3 is 5.97 Å². The lowest BCUT2D eigenvalue weighted by molar-refractivity contribution is -0.131. The monoisotopic (exact) mass is 238 g/mol. The molecule has 3 nitrogen and oxygen atoms in total. The Morgan fingerprint density at radius 3 is 2.65 bits per heavy atom. The lowest BCUT2D eigenvalue weighted by atomic mass is 10.1. The molecule has 0 bridgehead atoms. The zero-order valence-electron chi connectivity index (χ0n) is 10.4. The topological polar surface area (TPSA) is 57.5 Å². The minimum atomic E-state index is -0.986. The first-order chi connectivity index (χ1) is 8.16. The summed E-state index contributed by atoms with van der Waals surface area (Å²) in [6.45, 7) is 2.17. The van der Waals surface area contributed by atoms with E-state index < -0.39 is 12.1 Å². The molecule has 0 aromatic rings. The first-order valence-corrected chi connectivity index (χ1v) is 6.07. The van der Waals surface area contributed by atoms with E-state index in [1.807, 2.05) is 6.08 Å².